The summed E-state index contributed by atoms with van der Waals surface area (Å²) in [6.07, 6.45) is 1.88. The van der Waals surface area contributed by atoms with Gasteiger partial charge in [0.25, 0.3) is 5.91 Å². The fraction of sp³-hybridized carbons (Fsp3) is 0.409. The van der Waals surface area contributed by atoms with E-state index in [2.05, 4.69) is 35.9 Å². The molecule has 0 bridgehead atoms. The van der Waals surface area contributed by atoms with Gasteiger partial charge in [0.1, 0.15) is 0 Å². The van der Waals surface area contributed by atoms with Crippen LogP contribution in [0.4, 0.5) is 0 Å². The first-order valence-electron chi connectivity index (χ1n) is 10.1. The zero-order chi connectivity index (χ0) is 22.3. The van der Waals surface area contributed by atoms with Gasteiger partial charge in [-0.25, -0.2) is 13.1 Å². The second-order valence-electron chi connectivity index (χ2n) is 7.20. The summed E-state index contributed by atoms with van der Waals surface area (Å²) in [7, 11) is -3.69. The minimum Gasteiger partial charge on any atom is -0.378 e. The van der Waals surface area contributed by atoms with Gasteiger partial charge in [-0.05, 0) is 36.9 Å². The molecular weight excluding hydrogens is 452 g/mol. The van der Waals surface area contributed by atoms with Crippen molar-refractivity contribution in [2.24, 2.45) is 0 Å². The maximum Gasteiger partial charge on any atom is 0.255 e. The number of nitrogens with zero attached hydrogens (tertiary/aromatic N) is 1. The van der Waals surface area contributed by atoms with Crippen molar-refractivity contribution in [2.45, 2.75) is 22.5 Å². The van der Waals surface area contributed by atoms with Crippen LogP contribution in [0.3, 0.4) is 0 Å². The molecule has 0 aromatic heterocycles. The molecule has 0 radical (unpaired) electrons. The monoisotopic (exact) mass is 480 g/mol. The second-order valence-corrected chi connectivity index (χ2v) is 10.9. The van der Waals surface area contributed by atoms with Crippen LogP contribution in [0.15, 0.2) is 52.3 Å². The highest BCUT2D eigenvalue weighted by Gasteiger charge is 2.23. The molecule has 1 N–H and O–H groups in total. The van der Waals surface area contributed by atoms with Crippen molar-refractivity contribution < 1.29 is 17.9 Å². The molecule has 3 rings (SSSR count). The summed E-state index contributed by atoms with van der Waals surface area (Å²) in [5, 5.41) is 0. The first kappa shape index (κ1) is 24.1. The lowest BCUT2D eigenvalue weighted by atomic mass is 10.2. The number of hydrogen-bond donors (Lipinski definition) is 1. The van der Waals surface area contributed by atoms with Crippen LogP contribution in [0.2, 0.25) is 0 Å². The first-order valence-corrected chi connectivity index (χ1v) is 13.9. The number of carbonyl (C=O) groups excluding carboxylic acids is 1. The number of morpholine rings is 1. The Labute approximate surface area is 193 Å². The van der Waals surface area contributed by atoms with Crippen LogP contribution in [-0.4, -0.2) is 64.1 Å². The number of nitrogens with one attached hydrogen (secondary N) is 1. The van der Waals surface area contributed by atoms with Gasteiger partial charge in [-0.3, -0.25) is 4.79 Å². The molecular formula is C22H28N2O4S3. The number of thioether (sulfide) groups is 2. The summed E-state index contributed by atoms with van der Waals surface area (Å²) in [4.78, 5) is 15.5. The number of sulfonamides is 1. The van der Waals surface area contributed by atoms with Gasteiger partial charge in [-0.2, -0.15) is 11.8 Å². The van der Waals surface area contributed by atoms with Crippen molar-refractivity contribution in [1.82, 2.24) is 9.62 Å². The molecule has 0 spiro atoms. The summed E-state index contributed by atoms with van der Waals surface area (Å²) < 4.78 is 33.5. The van der Waals surface area contributed by atoms with E-state index in [9.17, 15) is 13.2 Å². The van der Waals surface area contributed by atoms with Gasteiger partial charge in [0.15, 0.2) is 0 Å². The summed E-state index contributed by atoms with van der Waals surface area (Å²) >= 11 is 3.11. The van der Waals surface area contributed by atoms with E-state index in [4.69, 9.17) is 4.74 Å². The fourth-order valence-electron chi connectivity index (χ4n) is 3.16. The Morgan fingerprint density at radius 2 is 1.84 bits per heavy atom. The van der Waals surface area contributed by atoms with Crippen LogP contribution in [0.1, 0.15) is 21.5 Å². The summed E-state index contributed by atoms with van der Waals surface area (Å²) in [5.41, 5.74) is 2.86. The van der Waals surface area contributed by atoms with Crippen molar-refractivity contribution in [1.29, 1.82) is 0 Å². The van der Waals surface area contributed by atoms with E-state index in [1.165, 1.54) is 29.0 Å². The molecule has 1 amide bonds. The molecule has 1 aliphatic heterocycles. The second kappa shape index (κ2) is 11.4. The molecule has 1 heterocycles. The zero-order valence-corrected chi connectivity index (χ0v) is 20.2. The quantitative estimate of drug-likeness (QED) is 0.438. The van der Waals surface area contributed by atoms with Crippen LogP contribution in [0, 0.1) is 6.92 Å². The Hall–Kier alpha value is -1.52. The Bertz CT molecular complexity index is 988. The predicted octanol–water partition coefficient (Wildman–Crippen LogP) is 3.40. The molecule has 0 saturated carbocycles. The van der Waals surface area contributed by atoms with Crippen LogP contribution >= 0.6 is 23.5 Å². The van der Waals surface area contributed by atoms with E-state index in [1.54, 1.807) is 28.8 Å². The van der Waals surface area contributed by atoms with Crippen molar-refractivity contribution >= 4 is 39.5 Å². The summed E-state index contributed by atoms with van der Waals surface area (Å²) in [6, 6.07) is 13.1. The first-order chi connectivity index (χ1) is 14.9. The SMILES string of the molecule is CSc1ccc(S(=O)(=O)NCCSCc2ccc(C)cc2)cc1C(=O)N1CCOCC1. The number of carbonyl (C=O) groups is 1. The standard InChI is InChI=1S/C22H28N2O4S3/c1-17-3-5-18(6-4-17)16-30-14-9-23-31(26,27)19-7-8-21(29-2)20(15-19)22(25)24-10-12-28-13-11-24/h3-8,15,23H,9-14,16H2,1-2H3. The number of ether oxygens (including phenoxy) is 1. The average molecular weight is 481 g/mol. The normalized spacial score (nSPS) is 14.6. The Kier molecular flexibility index (Phi) is 8.85. The lowest BCUT2D eigenvalue weighted by molar-refractivity contribution is 0.0300. The zero-order valence-electron chi connectivity index (χ0n) is 17.8. The predicted molar refractivity (Wildman–Crippen MR) is 127 cm³/mol. The summed E-state index contributed by atoms with van der Waals surface area (Å²) in [5.74, 6) is 1.34. The molecule has 6 nitrogen and oxygen atoms in total. The van der Waals surface area contributed by atoms with Crippen LogP contribution in [0.5, 0.6) is 0 Å². The molecule has 0 atom stereocenters. The van der Waals surface area contributed by atoms with Gasteiger partial charge >= 0.3 is 0 Å². The number of aryl methyl sites for hydroxylation is 1. The maximum atomic E-state index is 13.0. The van der Waals surface area contributed by atoms with Gasteiger partial charge in [-0.1, -0.05) is 29.8 Å². The lowest BCUT2D eigenvalue weighted by Crippen LogP contribution is -2.41. The van der Waals surface area contributed by atoms with Crippen LogP contribution in [0.25, 0.3) is 0 Å². The molecule has 2 aromatic rings. The largest absolute Gasteiger partial charge is 0.378 e. The van der Waals surface area contributed by atoms with E-state index in [-0.39, 0.29) is 10.8 Å². The molecule has 0 unspecified atom stereocenters. The van der Waals surface area contributed by atoms with Crippen molar-refractivity contribution in [3.63, 3.8) is 0 Å². The third-order valence-electron chi connectivity index (χ3n) is 4.94. The molecule has 31 heavy (non-hydrogen) atoms. The lowest BCUT2D eigenvalue weighted by Gasteiger charge is -2.27. The van der Waals surface area contributed by atoms with E-state index in [0.29, 0.717) is 44.2 Å². The third-order valence-corrected chi connectivity index (χ3v) is 8.22. The van der Waals surface area contributed by atoms with Crippen LogP contribution < -0.4 is 4.72 Å². The molecule has 0 aliphatic carbocycles. The van der Waals surface area contributed by atoms with Gasteiger partial charge < -0.3 is 9.64 Å². The van der Waals surface area contributed by atoms with Gasteiger partial charge in [0, 0.05) is 36.0 Å². The fourth-order valence-corrected chi connectivity index (χ4v) is 5.74. The van der Waals surface area contributed by atoms with Crippen LogP contribution in [-0.2, 0) is 20.5 Å². The van der Waals surface area contributed by atoms with Gasteiger partial charge in [0.05, 0.1) is 23.7 Å². The Morgan fingerprint density at radius 3 is 2.52 bits per heavy atom. The Balaban J connectivity index is 1.60. The molecule has 2 aromatic carbocycles. The van der Waals surface area contributed by atoms with E-state index < -0.39 is 10.0 Å². The number of amides is 1. The van der Waals surface area contributed by atoms with Crippen molar-refractivity contribution in [3.8, 4) is 0 Å². The summed E-state index contributed by atoms with van der Waals surface area (Å²) in [6.45, 7) is 4.41. The maximum absolute atomic E-state index is 13.0. The molecule has 168 valence electrons. The van der Waals surface area contributed by atoms with E-state index >= 15 is 0 Å². The highest BCUT2D eigenvalue weighted by atomic mass is 32.2. The molecule has 1 aliphatic rings. The Morgan fingerprint density at radius 1 is 1.13 bits per heavy atom. The minimum atomic E-state index is -3.69. The van der Waals surface area contributed by atoms with E-state index in [1.807, 2.05) is 6.26 Å². The topological polar surface area (TPSA) is 75.7 Å². The minimum absolute atomic E-state index is 0.116. The van der Waals surface area contributed by atoms with Crippen molar-refractivity contribution in [3.05, 3.63) is 59.2 Å². The molecule has 1 fully saturated rings. The van der Waals surface area contributed by atoms with Crippen molar-refractivity contribution in [2.75, 3.05) is 44.9 Å². The average Bonchev–Trinajstić information content (AvgIpc) is 2.79. The highest BCUT2D eigenvalue weighted by Crippen LogP contribution is 2.25. The van der Waals surface area contributed by atoms with Gasteiger partial charge in [0.2, 0.25) is 10.0 Å². The highest BCUT2D eigenvalue weighted by molar-refractivity contribution is 7.98. The van der Waals surface area contributed by atoms with Gasteiger partial charge in [-0.15, -0.1) is 11.8 Å². The molecule has 1 saturated heterocycles. The van der Waals surface area contributed by atoms with E-state index in [0.717, 1.165) is 10.6 Å². The third kappa shape index (κ3) is 6.73. The number of benzene rings is 2. The molecule has 9 heteroatoms. The number of rotatable bonds is 9. The number of hydrogen-bond acceptors (Lipinski definition) is 6. The smallest absolute Gasteiger partial charge is 0.255 e.